The maximum absolute atomic E-state index is 5.85. The molecule has 0 aliphatic carbocycles. The van der Waals surface area contributed by atoms with Crippen molar-refractivity contribution in [3.63, 3.8) is 0 Å². The van der Waals surface area contributed by atoms with Gasteiger partial charge in [0.15, 0.2) is 0 Å². The Labute approximate surface area is 154 Å². The molecular formula is C20H17N7. The number of anilines is 3. The minimum Gasteiger partial charge on any atom is -0.368 e. The van der Waals surface area contributed by atoms with Gasteiger partial charge in [-0.1, -0.05) is 12.1 Å². The van der Waals surface area contributed by atoms with Crippen molar-refractivity contribution in [1.82, 2.24) is 25.1 Å². The van der Waals surface area contributed by atoms with E-state index in [4.69, 9.17) is 5.73 Å². The van der Waals surface area contributed by atoms with Crippen LogP contribution in [-0.4, -0.2) is 25.1 Å². The standard InChI is InChI=1S/C20H17N7/c21-20-23-10-14(9-12-4-5-16-13(8-12)11-24-27-16)19(26-20)25-18-3-1-2-17-15(18)6-7-22-17/h1-8,10-11,22H,9H2,(H,24,27)(H3,21,23,25,26). The second-order valence-corrected chi connectivity index (χ2v) is 6.44. The van der Waals surface area contributed by atoms with Gasteiger partial charge >= 0.3 is 0 Å². The van der Waals surface area contributed by atoms with Crippen LogP contribution >= 0.6 is 0 Å². The number of nitrogen functional groups attached to an aromatic ring is 1. The number of hydrogen-bond acceptors (Lipinski definition) is 5. The Balaban J connectivity index is 1.52. The number of aromatic amines is 2. The van der Waals surface area contributed by atoms with E-state index in [1.807, 2.05) is 42.7 Å². The molecule has 0 saturated heterocycles. The van der Waals surface area contributed by atoms with Crippen LogP contribution in [0.2, 0.25) is 0 Å². The van der Waals surface area contributed by atoms with Crippen molar-refractivity contribution < 1.29 is 0 Å². The first kappa shape index (κ1) is 15.4. The SMILES string of the molecule is Nc1ncc(Cc2ccc3[nH]ncc3c2)c(Nc2cccc3[nH]ccc23)n1. The molecule has 0 bridgehead atoms. The largest absolute Gasteiger partial charge is 0.368 e. The number of benzene rings is 2. The van der Waals surface area contributed by atoms with Gasteiger partial charge in [-0.2, -0.15) is 10.1 Å². The Morgan fingerprint density at radius 1 is 1.04 bits per heavy atom. The Morgan fingerprint density at radius 3 is 2.96 bits per heavy atom. The van der Waals surface area contributed by atoms with Crippen molar-refractivity contribution in [2.45, 2.75) is 6.42 Å². The number of aromatic nitrogens is 5. The van der Waals surface area contributed by atoms with Crippen LogP contribution in [0.15, 0.2) is 61.1 Å². The minimum atomic E-state index is 0.243. The fourth-order valence-electron chi connectivity index (χ4n) is 3.30. The molecular weight excluding hydrogens is 338 g/mol. The highest BCUT2D eigenvalue weighted by Gasteiger charge is 2.10. The summed E-state index contributed by atoms with van der Waals surface area (Å²) >= 11 is 0. The molecule has 3 aromatic heterocycles. The number of nitrogens with one attached hydrogen (secondary N) is 3. The van der Waals surface area contributed by atoms with Crippen LogP contribution in [0, 0.1) is 0 Å². The molecule has 7 nitrogen and oxygen atoms in total. The molecule has 5 rings (SSSR count). The molecule has 0 amide bonds. The molecule has 132 valence electrons. The topological polar surface area (TPSA) is 108 Å². The van der Waals surface area contributed by atoms with Gasteiger partial charge in [-0.05, 0) is 35.9 Å². The summed E-state index contributed by atoms with van der Waals surface area (Å²) in [5.74, 6) is 0.955. The van der Waals surface area contributed by atoms with Crippen molar-refractivity contribution in [2.75, 3.05) is 11.1 Å². The van der Waals surface area contributed by atoms with E-state index in [2.05, 4.69) is 42.6 Å². The third-order valence-corrected chi connectivity index (χ3v) is 4.63. The first-order valence-corrected chi connectivity index (χ1v) is 8.63. The number of fused-ring (bicyclic) bond motifs is 2. The van der Waals surface area contributed by atoms with Gasteiger partial charge in [0.05, 0.1) is 11.7 Å². The Bertz CT molecular complexity index is 1250. The number of nitrogens with zero attached hydrogens (tertiary/aromatic N) is 3. The van der Waals surface area contributed by atoms with E-state index >= 15 is 0 Å². The molecule has 7 heteroatoms. The van der Waals surface area contributed by atoms with Gasteiger partial charge in [0, 0.05) is 46.4 Å². The lowest BCUT2D eigenvalue weighted by Crippen LogP contribution is -2.05. The summed E-state index contributed by atoms with van der Waals surface area (Å²) in [6.45, 7) is 0. The molecule has 5 aromatic rings. The highest BCUT2D eigenvalue weighted by atomic mass is 15.1. The summed E-state index contributed by atoms with van der Waals surface area (Å²) < 4.78 is 0. The predicted octanol–water partition coefficient (Wildman–Crippen LogP) is 3.75. The summed E-state index contributed by atoms with van der Waals surface area (Å²) in [5.41, 5.74) is 11.0. The van der Waals surface area contributed by atoms with Crippen LogP contribution in [0.4, 0.5) is 17.5 Å². The quantitative estimate of drug-likeness (QED) is 0.393. The van der Waals surface area contributed by atoms with Crippen molar-refractivity contribution in [1.29, 1.82) is 0 Å². The lowest BCUT2D eigenvalue weighted by Gasteiger charge is -2.12. The molecule has 27 heavy (non-hydrogen) atoms. The molecule has 2 aromatic carbocycles. The van der Waals surface area contributed by atoms with Crippen LogP contribution in [-0.2, 0) is 6.42 Å². The van der Waals surface area contributed by atoms with Crippen LogP contribution in [0.5, 0.6) is 0 Å². The van der Waals surface area contributed by atoms with E-state index in [0.29, 0.717) is 12.2 Å². The first-order chi connectivity index (χ1) is 13.3. The number of rotatable bonds is 4. The Kier molecular flexibility index (Phi) is 3.50. The lowest BCUT2D eigenvalue weighted by molar-refractivity contribution is 1.09. The molecule has 0 radical (unpaired) electrons. The normalized spacial score (nSPS) is 11.3. The molecule has 0 saturated carbocycles. The maximum Gasteiger partial charge on any atom is 0.221 e. The molecule has 0 aliphatic heterocycles. The average Bonchev–Trinajstić information content (AvgIpc) is 3.33. The third-order valence-electron chi connectivity index (χ3n) is 4.63. The second kappa shape index (κ2) is 6.14. The van der Waals surface area contributed by atoms with Crippen molar-refractivity contribution in [3.8, 4) is 0 Å². The van der Waals surface area contributed by atoms with Gasteiger partial charge in [-0.15, -0.1) is 0 Å². The first-order valence-electron chi connectivity index (χ1n) is 8.63. The molecule has 0 unspecified atom stereocenters. The highest BCUT2D eigenvalue weighted by molar-refractivity contribution is 5.93. The lowest BCUT2D eigenvalue weighted by atomic mass is 10.0. The molecule has 0 aliphatic rings. The van der Waals surface area contributed by atoms with E-state index in [1.165, 1.54) is 0 Å². The summed E-state index contributed by atoms with van der Waals surface area (Å²) in [7, 11) is 0. The van der Waals surface area contributed by atoms with Gasteiger partial charge in [0.1, 0.15) is 5.82 Å². The Morgan fingerprint density at radius 2 is 2.00 bits per heavy atom. The van der Waals surface area contributed by atoms with E-state index in [9.17, 15) is 0 Å². The maximum atomic E-state index is 5.85. The van der Waals surface area contributed by atoms with Crippen molar-refractivity contribution >= 4 is 39.3 Å². The third kappa shape index (κ3) is 2.85. The smallest absolute Gasteiger partial charge is 0.221 e. The molecule has 3 heterocycles. The molecule has 5 N–H and O–H groups in total. The van der Waals surface area contributed by atoms with E-state index in [-0.39, 0.29) is 5.95 Å². The van der Waals surface area contributed by atoms with Gasteiger partial charge in [-0.3, -0.25) is 5.10 Å². The zero-order chi connectivity index (χ0) is 18.2. The number of hydrogen-bond donors (Lipinski definition) is 4. The van der Waals surface area contributed by atoms with E-state index in [1.54, 1.807) is 6.20 Å². The fourth-order valence-corrected chi connectivity index (χ4v) is 3.30. The summed E-state index contributed by atoms with van der Waals surface area (Å²) in [4.78, 5) is 11.8. The number of H-pyrrole nitrogens is 2. The number of nitrogens with two attached hydrogens (primary N) is 1. The van der Waals surface area contributed by atoms with Crippen LogP contribution in [0.3, 0.4) is 0 Å². The zero-order valence-corrected chi connectivity index (χ0v) is 14.4. The van der Waals surface area contributed by atoms with E-state index in [0.717, 1.165) is 38.6 Å². The van der Waals surface area contributed by atoms with E-state index < -0.39 is 0 Å². The van der Waals surface area contributed by atoms with Crippen LogP contribution < -0.4 is 11.1 Å². The Hall–Kier alpha value is -3.87. The highest BCUT2D eigenvalue weighted by Crippen LogP contribution is 2.28. The molecule has 0 fully saturated rings. The van der Waals surface area contributed by atoms with Gasteiger partial charge < -0.3 is 16.0 Å². The van der Waals surface area contributed by atoms with Crippen LogP contribution in [0.25, 0.3) is 21.8 Å². The minimum absolute atomic E-state index is 0.243. The average molecular weight is 355 g/mol. The predicted molar refractivity (Wildman–Crippen MR) is 107 cm³/mol. The van der Waals surface area contributed by atoms with Gasteiger partial charge in [0.2, 0.25) is 5.95 Å². The van der Waals surface area contributed by atoms with Gasteiger partial charge in [-0.25, -0.2) is 4.98 Å². The van der Waals surface area contributed by atoms with Crippen LogP contribution in [0.1, 0.15) is 11.1 Å². The van der Waals surface area contributed by atoms with Gasteiger partial charge in [0.25, 0.3) is 0 Å². The van der Waals surface area contributed by atoms with Crippen molar-refractivity contribution in [2.24, 2.45) is 0 Å². The molecule has 0 atom stereocenters. The summed E-state index contributed by atoms with van der Waals surface area (Å²) in [6.07, 6.45) is 6.21. The second-order valence-electron chi connectivity index (χ2n) is 6.44. The zero-order valence-electron chi connectivity index (χ0n) is 14.4. The monoisotopic (exact) mass is 355 g/mol. The molecule has 0 spiro atoms. The summed E-state index contributed by atoms with van der Waals surface area (Å²) in [5, 5.41) is 12.6. The fraction of sp³-hybridized carbons (Fsp3) is 0.0500. The van der Waals surface area contributed by atoms with Crippen molar-refractivity contribution in [3.05, 3.63) is 72.2 Å². The summed E-state index contributed by atoms with van der Waals surface area (Å²) in [6, 6.07) is 14.3.